The topological polar surface area (TPSA) is 67.4 Å². The van der Waals surface area contributed by atoms with E-state index >= 15 is 0 Å². The fourth-order valence-corrected chi connectivity index (χ4v) is 4.27. The highest BCUT2D eigenvalue weighted by molar-refractivity contribution is 7.98. The zero-order valence-corrected chi connectivity index (χ0v) is 19.2. The first-order chi connectivity index (χ1) is 14.9. The van der Waals surface area contributed by atoms with Crippen LogP contribution in [0.25, 0.3) is 0 Å². The van der Waals surface area contributed by atoms with Crippen molar-refractivity contribution in [1.29, 1.82) is 0 Å². The quantitative estimate of drug-likeness (QED) is 0.383. The summed E-state index contributed by atoms with van der Waals surface area (Å²) in [4.78, 5) is 25.0. The first-order valence-electron chi connectivity index (χ1n) is 9.29. The van der Waals surface area contributed by atoms with E-state index in [1.807, 2.05) is 24.3 Å². The van der Waals surface area contributed by atoms with Crippen LogP contribution in [0.1, 0.15) is 22.8 Å². The van der Waals surface area contributed by atoms with Crippen LogP contribution in [0.15, 0.2) is 65.6 Å². The van der Waals surface area contributed by atoms with Gasteiger partial charge in [0.25, 0.3) is 5.91 Å². The number of amides is 2. The van der Waals surface area contributed by atoms with Crippen molar-refractivity contribution in [1.82, 2.24) is 0 Å². The molecule has 0 spiro atoms. The standard InChI is InChI=1S/C23H20Cl2N2O3S/c1-14(28)26-18-7-9-21(30-2)20(12-18)27-23(29)16-5-3-4-15(10-16)13-31-22-11-17(24)6-8-19(22)25/h3-12H,13H2,1-2H3,(H,26,28)(H,27,29). The van der Waals surface area contributed by atoms with Crippen molar-refractivity contribution < 1.29 is 14.3 Å². The molecule has 0 saturated heterocycles. The lowest BCUT2D eigenvalue weighted by Crippen LogP contribution is -2.13. The van der Waals surface area contributed by atoms with Gasteiger partial charge >= 0.3 is 0 Å². The van der Waals surface area contributed by atoms with Crippen LogP contribution in [0.5, 0.6) is 5.75 Å². The van der Waals surface area contributed by atoms with Gasteiger partial charge in [0.05, 0.1) is 17.8 Å². The van der Waals surface area contributed by atoms with Crippen molar-refractivity contribution in [3.63, 3.8) is 0 Å². The summed E-state index contributed by atoms with van der Waals surface area (Å²) >= 11 is 13.8. The first kappa shape index (κ1) is 23.0. The third-order valence-corrected chi connectivity index (χ3v) is 6.05. The number of thioether (sulfide) groups is 1. The number of ether oxygens (including phenoxy) is 1. The van der Waals surface area contributed by atoms with Gasteiger partial charge in [-0.25, -0.2) is 0 Å². The fourth-order valence-electron chi connectivity index (χ4n) is 2.83. The van der Waals surface area contributed by atoms with Crippen LogP contribution in [0, 0.1) is 0 Å². The van der Waals surface area contributed by atoms with E-state index in [2.05, 4.69) is 10.6 Å². The van der Waals surface area contributed by atoms with Gasteiger partial charge in [-0.15, -0.1) is 11.8 Å². The lowest BCUT2D eigenvalue weighted by molar-refractivity contribution is -0.114. The van der Waals surface area contributed by atoms with Gasteiger partial charge in [-0.1, -0.05) is 35.3 Å². The monoisotopic (exact) mass is 474 g/mol. The molecule has 2 amide bonds. The number of hydrogen-bond donors (Lipinski definition) is 2. The van der Waals surface area contributed by atoms with E-state index in [0.717, 1.165) is 10.5 Å². The van der Waals surface area contributed by atoms with Crippen molar-refractivity contribution in [3.05, 3.63) is 81.8 Å². The van der Waals surface area contributed by atoms with Gasteiger partial charge in [0.15, 0.2) is 0 Å². The smallest absolute Gasteiger partial charge is 0.255 e. The number of nitrogens with one attached hydrogen (secondary N) is 2. The van der Waals surface area contributed by atoms with Gasteiger partial charge in [-0.05, 0) is 54.1 Å². The third-order valence-electron chi connectivity index (χ3n) is 4.24. The Hall–Kier alpha value is -2.67. The van der Waals surface area contributed by atoms with E-state index < -0.39 is 0 Å². The van der Waals surface area contributed by atoms with Gasteiger partial charge in [-0.3, -0.25) is 9.59 Å². The number of methoxy groups -OCH3 is 1. The molecular formula is C23H20Cl2N2O3S. The molecule has 0 aliphatic carbocycles. The van der Waals surface area contributed by atoms with Crippen molar-refractivity contribution in [3.8, 4) is 5.75 Å². The summed E-state index contributed by atoms with van der Waals surface area (Å²) in [5, 5.41) is 6.79. The average Bonchev–Trinajstić information content (AvgIpc) is 2.74. The molecule has 0 saturated carbocycles. The SMILES string of the molecule is COc1ccc(NC(C)=O)cc1NC(=O)c1cccc(CSc2cc(Cl)ccc2Cl)c1. The maximum absolute atomic E-state index is 12.8. The highest BCUT2D eigenvalue weighted by Gasteiger charge is 2.12. The summed E-state index contributed by atoms with van der Waals surface area (Å²) in [6.45, 7) is 1.42. The molecule has 0 aromatic heterocycles. The van der Waals surface area contributed by atoms with E-state index in [1.165, 1.54) is 14.0 Å². The number of benzene rings is 3. The van der Waals surface area contributed by atoms with Gasteiger partial charge in [0, 0.05) is 33.8 Å². The molecule has 0 radical (unpaired) electrons. The molecule has 3 rings (SSSR count). The number of hydrogen-bond acceptors (Lipinski definition) is 4. The Morgan fingerprint density at radius 1 is 1.00 bits per heavy atom. The van der Waals surface area contributed by atoms with Gasteiger partial charge in [-0.2, -0.15) is 0 Å². The minimum atomic E-state index is -0.286. The zero-order valence-electron chi connectivity index (χ0n) is 16.9. The summed E-state index contributed by atoms with van der Waals surface area (Å²) in [7, 11) is 1.52. The zero-order chi connectivity index (χ0) is 22.4. The summed E-state index contributed by atoms with van der Waals surface area (Å²) in [6.07, 6.45) is 0. The second-order valence-electron chi connectivity index (χ2n) is 6.61. The van der Waals surface area contributed by atoms with E-state index in [1.54, 1.807) is 48.2 Å². The molecule has 0 aliphatic heterocycles. The first-order valence-corrected chi connectivity index (χ1v) is 11.0. The van der Waals surface area contributed by atoms with Crippen molar-refractivity contribution in [2.45, 2.75) is 17.6 Å². The molecule has 3 aromatic carbocycles. The lowest BCUT2D eigenvalue weighted by Gasteiger charge is -2.13. The predicted molar refractivity (Wildman–Crippen MR) is 128 cm³/mol. The molecule has 8 heteroatoms. The molecule has 5 nitrogen and oxygen atoms in total. The van der Waals surface area contributed by atoms with Crippen LogP contribution in [0.2, 0.25) is 10.0 Å². The number of anilines is 2. The maximum Gasteiger partial charge on any atom is 0.255 e. The van der Waals surface area contributed by atoms with E-state index in [9.17, 15) is 9.59 Å². The Kier molecular flexibility index (Phi) is 7.85. The minimum absolute atomic E-state index is 0.201. The van der Waals surface area contributed by atoms with Crippen LogP contribution in [-0.4, -0.2) is 18.9 Å². The summed E-state index contributed by atoms with van der Waals surface area (Å²) in [5.74, 6) is 0.630. The highest BCUT2D eigenvalue weighted by atomic mass is 35.5. The molecule has 2 N–H and O–H groups in total. The normalized spacial score (nSPS) is 10.5. The van der Waals surface area contributed by atoms with Crippen LogP contribution in [0.3, 0.4) is 0 Å². The maximum atomic E-state index is 12.8. The number of halogens is 2. The van der Waals surface area contributed by atoms with Crippen LogP contribution < -0.4 is 15.4 Å². The molecule has 0 atom stereocenters. The predicted octanol–water partition coefficient (Wildman–Crippen LogP) is 6.51. The van der Waals surface area contributed by atoms with Gasteiger partial charge in [0.1, 0.15) is 5.75 Å². The molecule has 0 unspecified atom stereocenters. The average molecular weight is 475 g/mol. The Labute approximate surface area is 195 Å². The van der Waals surface area contributed by atoms with Gasteiger partial charge < -0.3 is 15.4 Å². The van der Waals surface area contributed by atoms with Gasteiger partial charge in [0.2, 0.25) is 5.91 Å². The number of rotatable bonds is 7. The number of carbonyl (C=O) groups is 2. The van der Waals surface area contributed by atoms with E-state index in [-0.39, 0.29) is 11.8 Å². The van der Waals surface area contributed by atoms with Crippen molar-refractivity contribution in [2.75, 3.05) is 17.7 Å². The largest absolute Gasteiger partial charge is 0.495 e. The summed E-state index contributed by atoms with van der Waals surface area (Å²) in [5.41, 5.74) is 2.49. The number of carbonyl (C=O) groups excluding carboxylic acids is 2. The summed E-state index contributed by atoms with van der Waals surface area (Å²) in [6, 6.07) is 17.7. The second-order valence-corrected chi connectivity index (χ2v) is 8.47. The Morgan fingerprint density at radius 3 is 2.55 bits per heavy atom. The Bertz CT molecular complexity index is 1120. The third kappa shape index (κ3) is 6.40. The highest BCUT2D eigenvalue weighted by Crippen LogP contribution is 2.32. The van der Waals surface area contributed by atoms with E-state index in [4.69, 9.17) is 27.9 Å². The Morgan fingerprint density at radius 2 is 1.81 bits per heavy atom. The van der Waals surface area contributed by atoms with Crippen LogP contribution >= 0.6 is 35.0 Å². The molecule has 3 aromatic rings. The minimum Gasteiger partial charge on any atom is -0.495 e. The molecule has 160 valence electrons. The molecule has 0 heterocycles. The Balaban J connectivity index is 1.74. The second kappa shape index (κ2) is 10.6. The van der Waals surface area contributed by atoms with Crippen LogP contribution in [-0.2, 0) is 10.5 Å². The lowest BCUT2D eigenvalue weighted by atomic mass is 10.1. The van der Waals surface area contributed by atoms with Crippen molar-refractivity contribution in [2.24, 2.45) is 0 Å². The van der Waals surface area contributed by atoms with E-state index in [0.29, 0.717) is 38.5 Å². The molecule has 0 fully saturated rings. The molecule has 0 bridgehead atoms. The molecule has 0 aliphatic rings. The fraction of sp³-hybridized carbons (Fsp3) is 0.130. The van der Waals surface area contributed by atoms with Crippen LogP contribution in [0.4, 0.5) is 11.4 Å². The van der Waals surface area contributed by atoms with Crippen molar-refractivity contribution >= 4 is 58.2 Å². The molecule has 31 heavy (non-hydrogen) atoms. The molecular weight excluding hydrogens is 455 g/mol. The summed E-state index contributed by atoms with van der Waals surface area (Å²) < 4.78 is 5.32.